The minimum atomic E-state index is -0.0989. The van der Waals surface area contributed by atoms with Gasteiger partial charge < -0.3 is 14.6 Å². The molecule has 0 unspecified atom stereocenters. The molecule has 2 aromatic heterocycles. The van der Waals surface area contributed by atoms with Crippen molar-refractivity contribution >= 4 is 11.0 Å². The van der Waals surface area contributed by atoms with Crippen molar-refractivity contribution in [2.45, 2.75) is 20.5 Å². The molecule has 0 radical (unpaired) electrons. The van der Waals surface area contributed by atoms with Crippen molar-refractivity contribution in [2.24, 2.45) is 0 Å². The number of hydrogen-bond acceptors (Lipinski definition) is 4. The highest BCUT2D eigenvalue weighted by Gasteiger charge is 2.21. The summed E-state index contributed by atoms with van der Waals surface area (Å²) >= 11 is 0. The van der Waals surface area contributed by atoms with Crippen LogP contribution in [0.4, 0.5) is 0 Å². The van der Waals surface area contributed by atoms with Crippen LogP contribution < -0.4 is 14.0 Å². The Hall–Kier alpha value is -2.60. The summed E-state index contributed by atoms with van der Waals surface area (Å²) in [6, 6.07) is 5.70. The van der Waals surface area contributed by atoms with E-state index in [0.717, 1.165) is 28.0 Å². The number of benzene rings is 1. The highest BCUT2D eigenvalue weighted by molar-refractivity contribution is 5.77. The number of H-pyrrole nitrogens is 1. The monoisotopic (exact) mass is 314 g/mol. The molecule has 1 aromatic carbocycles. The maximum Gasteiger partial charge on any atom is 0.402 e. The lowest BCUT2D eigenvalue weighted by Gasteiger charge is -2.13. The first kappa shape index (κ1) is 15.3. The molecule has 0 amide bonds. The number of ether oxygens (including phenoxy) is 2. The molecule has 0 saturated carbocycles. The Kier molecular flexibility index (Phi) is 3.92. The van der Waals surface area contributed by atoms with Crippen molar-refractivity contribution < 1.29 is 19.1 Å². The lowest BCUT2D eigenvalue weighted by atomic mass is 10.1. The quantitative estimate of drug-likeness (QED) is 0.722. The van der Waals surface area contributed by atoms with E-state index in [9.17, 15) is 5.11 Å². The van der Waals surface area contributed by atoms with E-state index >= 15 is 0 Å². The van der Waals surface area contributed by atoms with Crippen molar-refractivity contribution in [3.63, 3.8) is 0 Å². The molecule has 2 heterocycles. The predicted molar refractivity (Wildman–Crippen MR) is 86.1 cm³/mol. The molecule has 2 N–H and O–H groups in total. The minimum Gasteiger partial charge on any atom is -0.497 e. The van der Waals surface area contributed by atoms with Gasteiger partial charge in [-0.1, -0.05) is 4.98 Å². The van der Waals surface area contributed by atoms with Gasteiger partial charge in [0.15, 0.2) is 5.52 Å². The first-order valence-electron chi connectivity index (χ1n) is 7.32. The zero-order chi connectivity index (χ0) is 16.6. The molecule has 0 aliphatic rings. The van der Waals surface area contributed by atoms with Gasteiger partial charge in [-0.25, -0.2) is 9.55 Å². The topological polar surface area (TPSA) is 71.2 Å². The van der Waals surface area contributed by atoms with Gasteiger partial charge in [0.25, 0.3) is 0 Å². The number of aliphatic hydroxyl groups excluding tert-OH is 1. The number of imidazole rings is 1. The number of nitrogens with zero attached hydrogens (tertiary/aromatic N) is 2. The van der Waals surface area contributed by atoms with E-state index in [1.54, 1.807) is 14.2 Å². The summed E-state index contributed by atoms with van der Waals surface area (Å²) in [5.41, 5.74) is 4.42. The molecule has 6 nitrogen and oxygen atoms in total. The van der Waals surface area contributed by atoms with Crippen LogP contribution in [-0.4, -0.2) is 29.3 Å². The Labute approximate surface area is 134 Å². The number of aromatic nitrogens is 3. The first-order valence-corrected chi connectivity index (χ1v) is 7.32. The van der Waals surface area contributed by atoms with E-state index in [1.165, 1.54) is 0 Å². The van der Waals surface area contributed by atoms with E-state index in [4.69, 9.17) is 9.47 Å². The van der Waals surface area contributed by atoms with Gasteiger partial charge in [0.1, 0.15) is 17.0 Å². The molecule has 0 spiro atoms. The van der Waals surface area contributed by atoms with Crippen LogP contribution in [-0.2, 0) is 6.61 Å². The van der Waals surface area contributed by atoms with Crippen molar-refractivity contribution in [3.8, 4) is 17.4 Å². The highest BCUT2D eigenvalue weighted by atomic mass is 16.5. The number of nitrogens with one attached hydrogen (secondary N) is 1. The minimum absolute atomic E-state index is 0.0989. The molecule has 6 heteroatoms. The Bertz CT molecular complexity index is 871. The van der Waals surface area contributed by atoms with Gasteiger partial charge in [-0.2, -0.15) is 0 Å². The normalized spacial score (nSPS) is 11.0. The number of methoxy groups -OCH3 is 2. The maximum absolute atomic E-state index is 9.60. The number of aromatic amines is 1. The Morgan fingerprint density at radius 3 is 2.65 bits per heavy atom. The second kappa shape index (κ2) is 5.89. The summed E-state index contributed by atoms with van der Waals surface area (Å²) in [4.78, 5) is 7.91. The molecule has 3 aromatic rings. The average molecular weight is 314 g/mol. The lowest BCUT2D eigenvalue weighted by molar-refractivity contribution is -0.610. The maximum atomic E-state index is 9.60. The molecular weight excluding hydrogens is 294 g/mol. The van der Waals surface area contributed by atoms with Crippen LogP contribution in [0.5, 0.6) is 11.5 Å². The van der Waals surface area contributed by atoms with Gasteiger partial charge in [0.05, 0.1) is 38.3 Å². The Morgan fingerprint density at radius 2 is 2.00 bits per heavy atom. The molecule has 3 rings (SSSR count). The number of hydrogen-bond donors (Lipinski definition) is 2. The molecule has 120 valence electrons. The molecule has 0 fully saturated rings. The van der Waals surface area contributed by atoms with Crippen LogP contribution >= 0.6 is 0 Å². The van der Waals surface area contributed by atoms with Crippen LogP contribution in [0.1, 0.15) is 16.8 Å². The van der Waals surface area contributed by atoms with Crippen molar-refractivity contribution in [1.29, 1.82) is 0 Å². The van der Waals surface area contributed by atoms with Crippen LogP contribution in [0.2, 0.25) is 0 Å². The van der Waals surface area contributed by atoms with Crippen molar-refractivity contribution in [2.75, 3.05) is 14.2 Å². The number of aliphatic hydroxyl groups is 1. The summed E-state index contributed by atoms with van der Waals surface area (Å²) in [7, 11) is 3.25. The molecule has 0 atom stereocenters. The third-order valence-electron chi connectivity index (χ3n) is 4.10. The first-order chi connectivity index (χ1) is 11.1. The smallest absolute Gasteiger partial charge is 0.402 e. The molecule has 0 saturated heterocycles. The summed E-state index contributed by atoms with van der Waals surface area (Å²) in [5.74, 6) is 2.17. The van der Waals surface area contributed by atoms with Crippen LogP contribution in [0, 0.1) is 13.8 Å². The zero-order valence-corrected chi connectivity index (χ0v) is 13.7. The van der Waals surface area contributed by atoms with Crippen LogP contribution in [0.3, 0.4) is 0 Å². The standard InChI is InChI=1S/C17H20N3O3/c1-10-11(2)20(8-12(9-21)16(10)23-4)17-18-14-6-5-13(22-3)7-15(14)19-17/h5-8,21H,9H2,1-4H3,(H,18,19)/q+1. The lowest BCUT2D eigenvalue weighted by Crippen LogP contribution is -2.37. The van der Waals surface area contributed by atoms with Gasteiger partial charge in [-0.15, -0.1) is 0 Å². The van der Waals surface area contributed by atoms with E-state index < -0.39 is 0 Å². The third kappa shape index (κ3) is 2.51. The molecule has 0 aliphatic carbocycles. The van der Waals surface area contributed by atoms with Crippen LogP contribution in [0.25, 0.3) is 17.0 Å². The van der Waals surface area contributed by atoms with Crippen LogP contribution in [0.15, 0.2) is 24.4 Å². The Balaban J connectivity index is 2.20. The van der Waals surface area contributed by atoms with Gasteiger partial charge in [0.2, 0.25) is 0 Å². The Morgan fingerprint density at radius 1 is 1.22 bits per heavy atom. The van der Waals surface area contributed by atoms with Gasteiger partial charge >= 0.3 is 5.95 Å². The molecular formula is C17H20N3O3+. The third-order valence-corrected chi connectivity index (χ3v) is 4.10. The number of pyridine rings is 1. The van der Waals surface area contributed by atoms with Gasteiger partial charge in [0, 0.05) is 11.6 Å². The predicted octanol–water partition coefficient (Wildman–Crippen LogP) is 1.97. The van der Waals surface area contributed by atoms with E-state index in [0.29, 0.717) is 17.3 Å². The number of rotatable bonds is 4. The largest absolute Gasteiger partial charge is 0.497 e. The SMILES string of the molecule is COc1ccc2nc(-[n+]3cc(CO)c(OC)c(C)c3C)[nH]c2c1. The van der Waals surface area contributed by atoms with E-state index in [1.807, 2.05) is 42.8 Å². The average Bonchev–Trinajstić information content (AvgIpc) is 2.99. The molecule has 0 aliphatic heterocycles. The summed E-state index contributed by atoms with van der Waals surface area (Å²) in [5, 5.41) is 9.60. The fourth-order valence-electron chi connectivity index (χ4n) is 2.73. The summed E-state index contributed by atoms with van der Waals surface area (Å²) in [6.07, 6.45) is 1.84. The van der Waals surface area contributed by atoms with Crippen molar-refractivity contribution in [3.05, 3.63) is 41.2 Å². The van der Waals surface area contributed by atoms with E-state index in [2.05, 4.69) is 9.97 Å². The second-order valence-corrected chi connectivity index (χ2v) is 5.37. The van der Waals surface area contributed by atoms with Gasteiger partial charge in [-0.05, 0) is 26.0 Å². The summed E-state index contributed by atoms with van der Waals surface area (Å²) in [6.45, 7) is 3.86. The second-order valence-electron chi connectivity index (χ2n) is 5.37. The fraction of sp³-hybridized carbons (Fsp3) is 0.294. The fourth-order valence-corrected chi connectivity index (χ4v) is 2.73. The molecule has 23 heavy (non-hydrogen) atoms. The van der Waals surface area contributed by atoms with Gasteiger partial charge in [-0.3, -0.25) is 0 Å². The van der Waals surface area contributed by atoms with E-state index in [-0.39, 0.29) is 6.61 Å². The number of fused-ring (bicyclic) bond motifs is 1. The zero-order valence-electron chi connectivity index (χ0n) is 13.7. The molecule has 0 bridgehead atoms. The van der Waals surface area contributed by atoms with Crippen molar-refractivity contribution in [1.82, 2.24) is 9.97 Å². The highest BCUT2D eigenvalue weighted by Crippen LogP contribution is 2.25. The summed E-state index contributed by atoms with van der Waals surface area (Å²) < 4.78 is 12.6.